The summed E-state index contributed by atoms with van der Waals surface area (Å²) in [5.74, 6) is -0.281. The highest BCUT2D eigenvalue weighted by Gasteiger charge is 2.28. The molecule has 0 aliphatic carbocycles. The number of anilines is 3. The van der Waals surface area contributed by atoms with Gasteiger partial charge in [0.25, 0.3) is 0 Å². The molecular weight excluding hydrogens is 508 g/mol. The third-order valence-electron chi connectivity index (χ3n) is 6.60. The first-order chi connectivity index (χ1) is 16.7. The Hall–Kier alpha value is -2.33. The fourth-order valence-electron chi connectivity index (χ4n) is 4.62. The van der Waals surface area contributed by atoms with Gasteiger partial charge in [-0.1, -0.05) is 23.2 Å². The molecule has 2 aromatic carbocycles. The number of piperazine rings is 1. The molecule has 0 bridgehead atoms. The zero-order valence-electron chi connectivity index (χ0n) is 19.8. The summed E-state index contributed by atoms with van der Waals surface area (Å²) in [4.78, 5) is 8.86. The van der Waals surface area contributed by atoms with Crippen LogP contribution in [0, 0.1) is 5.82 Å². The molecule has 0 spiro atoms. The second kappa shape index (κ2) is 11.2. The molecule has 11 heteroatoms. The predicted octanol–water partition coefficient (Wildman–Crippen LogP) is 3.77. The fraction of sp³-hybridized carbons (Fsp3) is 0.417. The van der Waals surface area contributed by atoms with Gasteiger partial charge in [-0.25, -0.2) is 4.39 Å². The van der Waals surface area contributed by atoms with Crippen molar-refractivity contribution in [2.45, 2.75) is 12.5 Å². The van der Waals surface area contributed by atoms with Gasteiger partial charge in [0.1, 0.15) is 5.82 Å². The van der Waals surface area contributed by atoms with Crippen molar-refractivity contribution in [3.63, 3.8) is 0 Å². The molecule has 3 N–H and O–H groups in total. The van der Waals surface area contributed by atoms with Crippen LogP contribution >= 0.6 is 35.4 Å². The Balaban J connectivity index is 1.56. The Bertz CT molecular complexity index is 1110. The van der Waals surface area contributed by atoms with Crippen LogP contribution in [0.5, 0.6) is 0 Å². The highest BCUT2D eigenvalue weighted by molar-refractivity contribution is 7.80. The van der Waals surface area contributed by atoms with Crippen molar-refractivity contribution in [1.82, 2.24) is 10.3 Å². The average molecular weight is 539 g/mol. The van der Waals surface area contributed by atoms with E-state index in [1.165, 1.54) is 0 Å². The Kier molecular flexibility index (Phi) is 8.21. The fourth-order valence-corrected chi connectivity index (χ4v) is 4.97. The number of hydrazone groups is 1. The maximum atomic E-state index is 15.4. The number of hydrogen-bond donors (Lipinski definition) is 2. The molecule has 0 radical (unpaired) electrons. The van der Waals surface area contributed by atoms with Crippen LogP contribution in [0.4, 0.5) is 21.5 Å². The topological polar surface area (TPSA) is 63.4 Å². The number of benzene rings is 2. The summed E-state index contributed by atoms with van der Waals surface area (Å²) in [7, 11) is 4.18. The van der Waals surface area contributed by atoms with Crippen molar-refractivity contribution in [2.24, 2.45) is 10.8 Å². The quantitative estimate of drug-likeness (QED) is 0.330. The van der Waals surface area contributed by atoms with Gasteiger partial charge in [-0.15, -0.1) is 0 Å². The second-order valence-corrected chi connectivity index (χ2v) is 10.3. The number of halogens is 3. The van der Waals surface area contributed by atoms with Crippen LogP contribution < -0.4 is 25.9 Å². The molecular formula is C24H30Cl2FN7S. The van der Waals surface area contributed by atoms with E-state index >= 15 is 4.39 Å². The maximum absolute atomic E-state index is 15.4. The molecule has 7 nitrogen and oxygen atoms in total. The maximum Gasteiger partial charge on any atom is 0.184 e. The molecule has 2 saturated heterocycles. The number of thiocarbonyl (C=S) groups is 1. The predicted molar refractivity (Wildman–Crippen MR) is 149 cm³/mol. The number of nitrogens with zero attached hydrogens (tertiary/aromatic N) is 5. The summed E-state index contributed by atoms with van der Waals surface area (Å²) >= 11 is 17.1. The van der Waals surface area contributed by atoms with Gasteiger partial charge >= 0.3 is 0 Å². The first-order valence-electron chi connectivity index (χ1n) is 11.5. The van der Waals surface area contributed by atoms with Gasteiger partial charge in [-0.2, -0.15) is 5.10 Å². The molecule has 35 heavy (non-hydrogen) atoms. The van der Waals surface area contributed by atoms with E-state index in [0.717, 1.165) is 44.0 Å². The van der Waals surface area contributed by atoms with Crippen molar-refractivity contribution in [3.8, 4) is 0 Å². The van der Waals surface area contributed by atoms with Gasteiger partial charge in [0.05, 0.1) is 21.9 Å². The van der Waals surface area contributed by atoms with Crippen LogP contribution in [0.25, 0.3) is 0 Å². The third-order valence-corrected chi connectivity index (χ3v) is 7.43. The lowest BCUT2D eigenvalue weighted by atomic mass is 10.1. The minimum absolute atomic E-state index is 0.0635. The van der Waals surface area contributed by atoms with Gasteiger partial charge in [0.2, 0.25) is 0 Å². The number of hydrogen-bond acceptors (Lipinski definition) is 6. The van der Waals surface area contributed by atoms with E-state index in [0.29, 0.717) is 40.4 Å². The summed E-state index contributed by atoms with van der Waals surface area (Å²) in [6, 6.07) is 9.58. The van der Waals surface area contributed by atoms with Crippen molar-refractivity contribution in [1.29, 1.82) is 0 Å². The molecule has 1 unspecified atom stereocenters. The first kappa shape index (κ1) is 25.8. The van der Waals surface area contributed by atoms with E-state index < -0.39 is 0 Å². The molecule has 188 valence electrons. The SMILES string of the molecule is CN(C)C1CCN(c2cc(N3CCN(c4ccc(Cl)c(Cl)c4)CC3)c(F)cc2C=NNC(N)=S)C1. The summed E-state index contributed by atoms with van der Waals surface area (Å²) < 4.78 is 15.4. The molecule has 2 fully saturated rings. The van der Waals surface area contributed by atoms with E-state index in [9.17, 15) is 0 Å². The van der Waals surface area contributed by atoms with Gasteiger partial charge < -0.3 is 25.3 Å². The van der Waals surface area contributed by atoms with Gasteiger partial charge in [0, 0.05) is 62.2 Å². The summed E-state index contributed by atoms with van der Waals surface area (Å²) in [6.45, 7) is 4.64. The normalized spacial score (nSPS) is 18.7. The first-order valence-corrected chi connectivity index (χ1v) is 12.7. The second-order valence-electron chi connectivity index (χ2n) is 9.02. The van der Waals surface area contributed by atoms with Crippen LogP contribution in [0.2, 0.25) is 10.0 Å². The highest BCUT2D eigenvalue weighted by Crippen LogP contribution is 2.33. The molecule has 2 aliphatic rings. The number of nitrogens with two attached hydrogens (primary N) is 1. The molecule has 2 aliphatic heterocycles. The van der Waals surface area contributed by atoms with Crippen molar-refractivity contribution in [3.05, 3.63) is 51.8 Å². The smallest absolute Gasteiger partial charge is 0.184 e. The van der Waals surface area contributed by atoms with E-state index in [4.69, 9.17) is 41.2 Å². The molecule has 0 aromatic heterocycles. The third kappa shape index (κ3) is 6.09. The Morgan fingerprint density at radius 1 is 1.06 bits per heavy atom. The molecule has 0 saturated carbocycles. The lowest BCUT2D eigenvalue weighted by Crippen LogP contribution is -2.47. The van der Waals surface area contributed by atoms with Gasteiger partial charge in [0.15, 0.2) is 5.11 Å². The summed E-state index contributed by atoms with van der Waals surface area (Å²) in [6.07, 6.45) is 2.62. The largest absolute Gasteiger partial charge is 0.375 e. The molecule has 4 rings (SSSR count). The lowest BCUT2D eigenvalue weighted by Gasteiger charge is -2.38. The van der Waals surface area contributed by atoms with Crippen LogP contribution in [0.3, 0.4) is 0 Å². The number of likely N-dealkylation sites (N-methyl/N-ethyl adjacent to an activating group) is 1. The van der Waals surface area contributed by atoms with E-state index in [1.54, 1.807) is 18.3 Å². The van der Waals surface area contributed by atoms with Crippen molar-refractivity contribution >= 4 is 63.8 Å². The highest BCUT2D eigenvalue weighted by atomic mass is 35.5. The monoisotopic (exact) mass is 537 g/mol. The molecule has 2 aromatic rings. The minimum Gasteiger partial charge on any atom is -0.375 e. The van der Waals surface area contributed by atoms with E-state index in [2.05, 4.69) is 44.2 Å². The van der Waals surface area contributed by atoms with Crippen molar-refractivity contribution in [2.75, 3.05) is 68.1 Å². The van der Waals surface area contributed by atoms with Crippen LogP contribution in [-0.2, 0) is 0 Å². The molecule has 1 atom stereocenters. The molecule has 0 amide bonds. The molecule has 2 heterocycles. The van der Waals surface area contributed by atoms with E-state index in [1.807, 2.05) is 18.2 Å². The number of rotatable bonds is 6. The summed E-state index contributed by atoms with van der Waals surface area (Å²) in [5.41, 5.74) is 11.3. The number of nitrogens with one attached hydrogen (secondary N) is 1. The lowest BCUT2D eigenvalue weighted by molar-refractivity contribution is 0.315. The Morgan fingerprint density at radius 3 is 2.40 bits per heavy atom. The zero-order valence-corrected chi connectivity index (χ0v) is 22.2. The Morgan fingerprint density at radius 2 is 1.77 bits per heavy atom. The van der Waals surface area contributed by atoms with Gasteiger partial charge in [-0.3, -0.25) is 5.43 Å². The standard InChI is InChI=1S/C24H30Cl2FN7S/c1-31(2)18-5-6-34(15-18)22-13-23(21(27)11-16(22)14-29-30-24(28)35)33-9-7-32(8-10-33)17-3-4-19(25)20(26)12-17/h3-4,11-14,18H,5-10,15H2,1-2H3,(H3,28,30,35). The van der Waals surface area contributed by atoms with Crippen molar-refractivity contribution < 1.29 is 4.39 Å². The zero-order chi connectivity index (χ0) is 25.1. The Labute approximate surface area is 221 Å². The van der Waals surface area contributed by atoms with E-state index in [-0.39, 0.29) is 10.9 Å². The van der Waals surface area contributed by atoms with Gasteiger partial charge in [-0.05, 0) is 63.1 Å². The average Bonchev–Trinajstić information content (AvgIpc) is 3.31. The van der Waals surface area contributed by atoms with Crippen LogP contribution in [-0.4, -0.2) is 75.6 Å². The summed E-state index contributed by atoms with van der Waals surface area (Å²) in [5, 5.41) is 5.22. The minimum atomic E-state index is -0.281. The van der Waals surface area contributed by atoms with Crippen LogP contribution in [0.1, 0.15) is 12.0 Å². The van der Waals surface area contributed by atoms with Crippen LogP contribution in [0.15, 0.2) is 35.4 Å².